The summed E-state index contributed by atoms with van der Waals surface area (Å²) in [6.45, 7) is 1.85. The molecule has 1 aliphatic carbocycles. The molecule has 2 aromatic carbocycles. The first-order chi connectivity index (χ1) is 16.5. The normalized spacial score (nSPS) is 20.3. The number of aromatic nitrogens is 1. The quantitative estimate of drug-likeness (QED) is 0.325. The number of carbonyl (C=O) groups excluding carboxylic acids is 2. The van der Waals surface area contributed by atoms with Crippen molar-refractivity contribution >= 4 is 23.1 Å². The number of amides is 1. The number of benzene rings is 2. The first-order valence-corrected chi connectivity index (χ1v) is 11.5. The van der Waals surface area contributed by atoms with Gasteiger partial charge in [-0.1, -0.05) is 18.0 Å². The fourth-order valence-corrected chi connectivity index (χ4v) is 5.05. The number of aliphatic hydroxyl groups excluding tert-OH is 1. The van der Waals surface area contributed by atoms with Gasteiger partial charge in [-0.05, 0) is 74.2 Å². The van der Waals surface area contributed by atoms with Crippen molar-refractivity contribution in [2.75, 3.05) is 12.0 Å². The summed E-state index contributed by atoms with van der Waals surface area (Å²) in [5.74, 6) is -0.0312. The maximum Gasteiger partial charge on any atom is 0.299 e. The van der Waals surface area contributed by atoms with Crippen LogP contribution in [-0.4, -0.2) is 35.1 Å². The second-order valence-corrected chi connectivity index (χ2v) is 8.86. The summed E-state index contributed by atoms with van der Waals surface area (Å²) >= 11 is 0. The number of carbonyl (C=O) groups is 2. The lowest BCUT2D eigenvalue weighted by Crippen LogP contribution is -2.38. The van der Waals surface area contributed by atoms with E-state index < -0.39 is 17.7 Å². The molecule has 2 aliphatic rings. The number of anilines is 1. The van der Waals surface area contributed by atoms with Crippen molar-refractivity contribution < 1.29 is 24.0 Å². The summed E-state index contributed by atoms with van der Waals surface area (Å²) in [6.07, 6.45) is 3.88. The van der Waals surface area contributed by atoms with E-state index in [4.69, 9.17) is 9.26 Å². The van der Waals surface area contributed by atoms with E-state index in [0.29, 0.717) is 22.8 Å². The minimum Gasteiger partial charge on any atom is -0.507 e. The number of methoxy groups -OCH3 is 1. The minimum atomic E-state index is -0.653. The number of aliphatic hydroxyl groups is 1. The highest BCUT2D eigenvalue weighted by Gasteiger charge is 2.49. The van der Waals surface area contributed by atoms with Gasteiger partial charge in [-0.25, -0.2) is 0 Å². The predicted octanol–water partition coefficient (Wildman–Crippen LogP) is 5.10. The molecule has 5 rings (SSSR count). The summed E-state index contributed by atoms with van der Waals surface area (Å²) in [5, 5.41) is 15.1. The zero-order valence-electron chi connectivity index (χ0n) is 19.2. The standard InChI is InChI=1S/C27H26N2O5/c1-16-15-22(34-28-16)17-7-11-20(12-8-17)29-24(18-5-3-4-6-18)23(26(31)27(29)32)25(30)19-9-13-21(33-2)14-10-19/h7-15,18,24,30H,3-6H2,1-2H3/b25-23-. The minimum absolute atomic E-state index is 0.0994. The predicted molar refractivity (Wildman–Crippen MR) is 127 cm³/mol. The zero-order chi connectivity index (χ0) is 23.8. The Morgan fingerprint density at radius 1 is 1.06 bits per heavy atom. The maximum atomic E-state index is 13.3. The number of hydrogen-bond acceptors (Lipinski definition) is 6. The maximum absolute atomic E-state index is 13.3. The summed E-state index contributed by atoms with van der Waals surface area (Å²) in [7, 11) is 1.56. The molecule has 1 unspecified atom stereocenters. The number of aryl methyl sites for hydroxylation is 1. The lowest BCUT2D eigenvalue weighted by molar-refractivity contribution is -0.132. The van der Waals surface area contributed by atoms with E-state index >= 15 is 0 Å². The van der Waals surface area contributed by atoms with Crippen LogP contribution in [0.2, 0.25) is 0 Å². The molecule has 0 radical (unpaired) electrons. The molecule has 0 bridgehead atoms. The molecule has 1 saturated heterocycles. The highest BCUT2D eigenvalue weighted by atomic mass is 16.5. The lowest BCUT2D eigenvalue weighted by atomic mass is 9.89. The van der Waals surface area contributed by atoms with E-state index in [1.165, 1.54) is 0 Å². The Bertz CT molecular complexity index is 1250. The number of Topliss-reactive ketones (excluding diaryl/α,β-unsaturated/α-hetero) is 1. The molecule has 7 heteroatoms. The molecule has 1 N–H and O–H groups in total. The smallest absolute Gasteiger partial charge is 0.299 e. The van der Waals surface area contributed by atoms with E-state index in [1.807, 2.05) is 37.3 Å². The third kappa shape index (κ3) is 3.77. The molecule has 2 heterocycles. The van der Waals surface area contributed by atoms with Gasteiger partial charge in [0, 0.05) is 22.9 Å². The Morgan fingerprint density at radius 3 is 2.32 bits per heavy atom. The molecule has 1 amide bonds. The van der Waals surface area contributed by atoms with Crippen LogP contribution in [0.25, 0.3) is 17.1 Å². The van der Waals surface area contributed by atoms with E-state index in [1.54, 1.807) is 36.3 Å². The third-order valence-corrected chi connectivity index (χ3v) is 6.75. The van der Waals surface area contributed by atoms with Crippen molar-refractivity contribution in [3.05, 3.63) is 71.4 Å². The van der Waals surface area contributed by atoms with Gasteiger partial charge >= 0.3 is 0 Å². The van der Waals surface area contributed by atoms with Gasteiger partial charge in [0.2, 0.25) is 0 Å². The first kappa shape index (κ1) is 21.9. The number of ketones is 1. The average molecular weight is 459 g/mol. The molecule has 1 aromatic heterocycles. The molecule has 34 heavy (non-hydrogen) atoms. The van der Waals surface area contributed by atoms with E-state index in [2.05, 4.69) is 5.16 Å². The van der Waals surface area contributed by atoms with Gasteiger partial charge in [0.05, 0.1) is 24.4 Å². The van der Waals surface area contributed by atoms with Crippen LogP contribution < -0.4 is 9.64 Å². The monoisotopic (exact) mass is 458 g/mol. The summed E-state index contributed by atoms with van der Waals surface area (Å²) in [5.41, 5.74) is 2.89. The molecule has 7 nitrogen and oxygen atoms in total. The second kappa shape index (κ2) is 8.82. The molecule has 0 spiro atoms. The summed E-state index contributed by atoms with van der Waals surface area (Å²) in [4.78, 5) is 28.0. The largest absolute Gasteiger partial charge is 0.507 e. The van der Waals surface area contributed by atoms with Crippen molar-refractivity contribution in [2.24, 2.45) is 5.92 Å². The third-order valence-electron chi connectivity index (χ3n) is 6.75. The van der Waals surface area contributed by atoms with Crippen LogP contribution in [0.15, 0.2) is 64.7 Å². The Balaban J connectivity index is 1.56. The van der Waals surface area contributed by atoms with Crippen LogP contribution >= 0.6 is 0 Å². The van der Waals surface area contributed by atoms with Gasteiger partial charge < -0.3 is 14.4 Å². The van der Waals surface area contributed by atoms with Gasteiger partial charge in [0.25, 0.3) is 11.7 Å². The van der Waals surface area contributed by atoms with Crippen LogP contribution in [0, 0.1) is 12.8 Å². The molecule has 3 aromatic rings. The van der Waals surface area contributed by atoms with Crippen molar-refractivity contribution in [2.45, 2.75) is 38.6 Å². The number of hydrogen-bond donors (Lipinski definition) is 1. The first-order valence-electron chi connectivity index (χ1n) is 11.5. The van der Waals surface area contributed by atoms with Crippen LogP contribution in [0.3, 0.4) is 0 Å². The molecular weight excluding hydrogens is 432 g/mol. The number of rotatable bonds is 5. The van der Waals surface area contributed by atoms with Gasteiger partial charge in [-0.3, -0.25) is 14.5 Å². The fourth-order valence-electron chi connectivity index (χ4n) is 5.05. The van der Waals surface area contributed by atoms with Crippen molar-refractivity contribution in [3.63, 3.8) is 0 Å². The zero-order valence-corrected chi connectivity index (χ0v) is 19.2. The van der Waals surface area contributed by atoms with Crippen LogP contribution in [0.4, 0.5) is 5.69 Å². The topological polar surface area (TPSA) is 92.9 Å². The Labute approximate surface area is 197 Å². The van der Waals surface area contributed by atoms with E-state index in [9.17, 15) is 14.7 Å². The molecular formula is C27H26N2O5. The highest BCUT2D eigenvalue weighted by Crippen LogP contribution is 2.42. The van der Waals surface area contributed by atoms with Gasteiger partial charge in [-0.2, -0.15) is 0 Å². The Morgan fingerprint density at radius 2 is 1.74 bits per heavy atom. The Hall–Kier alpha value is -3.87. The second-order valence-electron chi connectivity index (χ2n) is 8.86. The number of nitrogens with zero attached hydrogens (tertiary/aromatic N) is 2. The number of ether oxygens (including phenoxy) is 1. The van der Waals surface area contributed by atoms with Crippen LogP contribution in [0.1, 0.15) is 36.9 Å². The molecule has 1 saturated carbocycles. The van der Waals surface area contributed by atoms with Gasteiger partial charge in [0.15, 0.2) is 5.76 Å². The van der Waals surface area contributed by atoms with Crippen molar-refractivity contribution in [1.29, 1.82) is 0 Å². The molecule has 2 fully saturated rings. The van der Waals surface area contributed by atoms with Gasteiger partial charge in [-0.15, -0.1) is 0 Å². The van der Waals surface area contributed by atoms with E-state index in [-0.39, 0.29) is 17.3 Å². The van der Waals surface area contributed by atoms with Gasteiger partial charge in [0.1, 0.15) is 11.5 Å². The van der Waals surface area contributed by atoms with Crippen LogP contribution in [-0.2, 0) is 9.59 Å². The molecule has 1 atom stereocenters. The average Bonchev–Trinajstić information content (AvgIpc) is 3.60. The summed E-state index contributed by atoms with van der Waals surface area (Å²) in [6, 6.07) is 15.5. The SMILES string of the molecule is COc1ccc(/C(O)=C2/C(=O)C(=O)N(c3ccc(-c4cc(C)no4)cc3)C2C2CCCC2)cc1. The van der Waals surface area contributed by atoms with Crippen molar-refractivity contribution in [1.82, 2.24) is 5.16 Å². The fraction of sp³-hybridized carbons (Fsp3) is 0.296. The van der Waals surface area contributed by atoms with Crippen molar-refractivity contribution in [3.8, 4) is 17.1 Å². The van der Waals surface area contributed by atoms with E-state index in [0.717, 1.165) is 36.9 Å². The summed E-state index contributed by atoms with van der Waals surface area (Å²) < 4.78 is 10.5. The molecule has 174 valence electrons. The van der Waals surface area contributed by atoms with Crippen LogP contribution in [0.5, 0.6) is 5.75 Å². The molecule has 1 aliphatic heterocycles. The lowest BCUT2D eigenvalue weighted by Gasteiger charge is -2.29. The highest BCUT2D eigenvalue weighted by molar-refractivity contribution is 6.51. The Kier molecular flexibility index (Phi) is 5.69.